The van der Waals surface area contributed by atoms with Gasteiger partial charge in [-0.25, -0.2) is 9.69 Å². The molecule has 194 valence electrons. The molecule has 1 aromatic heterocycles. The van der Waals surface area contributed by atoms with Crippen LogP contribution in [0.4, 0.5) is 29.3 Å². The highest BCUT2D eigenvalue weighted by molar-refractivity contribution is 8.00. The maximum Gasteiger partial charge on any atom is 0.446 e. The number of anilines is 2. The van der Waals surface area contributed by atoms with Crippen molar-refractivity contribution in [2.24, 2.45) is 0 Å². The first-order valence-corrected chi connectivity index (χ1v) is 13.0. The van der Waals surface area contributed by atoms with E-state index in [-0.39, 0.29) is 28.9 Å². The number of para-hydroxylation sites is 1. The molecule has 3 amide bonds. The average molecular weight is 529 g/mol. The standard InChI is InChI=1S/C27H27F3N4O2S/c1-26(2)24(35)34(18-10-12-19(13-11-18)37-27(28,29)30)25(36)33(26)17-21-20-8-4-5-9-22(20)31-16-23(21)32-14-6-3-7-15-32/h4-5,8-13,16H,3,6-7,14-15,17H2,1-2H3. The van der Waals surface area contributed by atoms with Crippen molar-refractivity contribution in [1.29, 1.82) is 0 Å². The quantitative estimate of drug-likeness (QED) is 0.276. The Labute approximate surface area is 217 Å². The second-order valence-electron chi connectivity index (χ2n) is 9.80. The van der Waals surface area contributed by atoms with Gasteiger partial charge in [0.1, 0.15) is 5.54 Å². The molecule has 3 aromatic rings. The number of benzene rings is 2. The number of carbonyl (C=O) groups is 2. The predicted octanol–water partition coefficient (Wildman–Crippen LogP) is 6.58. The number of imide groups is 1. The van der Waals surface area contributed by atoms with Crippen LogP contribution in [-0.2, 0) is 11.3 Å². The number of piperidine rings is 1. The van der Waals surface area contributed by atoms with E-state index >= 15 is 0 Å². The van der Waals surface area contributed by atoms with Crippen molar-refractivity contribution in [3.05, 3.63) is 60.3 Å². The summed E-state index contributed by atoms with van der Waals surface area (Å²) in [7, 11) is 0. The molecule has 0 spiro atoms. The zero-order chi connectivity index (χ0) is 26.4. The van der Waals surface area contributed by atoms with Gasteiger partial charge in [-0.2, -0.15) is 13.2 Å². The van der Waals surface area contributed by atoms with E-state index in [1.165, 1.54) is 30.7 Å². The molecule has 5 rings (SSSR count). The lowest BCUT2D eigenvalue weighted by Crippen LogP contribution is -2.44. The predicted molar refractivity (Wildman–Crippen MR) is 139 cm³/mol. The third-order valence-electron chi connectivity index (χ3n) is 7.03. The van der Waals surface area contributed by atoms with Crippen molar-refractivity contribution in [2.45, 2.75) is 55.6 Å². The number of urea groups is 1. The van der Waals surface area contributed by atoms with Gasteiger partial charge in [-0.05, 0) is 75.2 Å². The van der Waals surface area contributed by atoms with Gasteiger partial charge in [-0.15, -0.1) is 0 Å². The van der Waals surface area contributed by atoms with Gasteiger partial charge in [0.25, 0.3) is 5.91 Å². The summed E-state index contributed by atoms with van der Waals surface area (Å²) in [5.41, 5.74) is -2.63. The minimum atomic E-state index is -4.42. The van der Waals surface area contributed by atoms with Crippen LogP contribution in [-0.4, -0.2) is 46.0 Å². The third kappa shape index (κ3) is 4.86. The molecule has 2 saturated heterocycles. The van der Waals surface area contributed by atoms with Crippen molar-refractivity contribution < 1.29 is 22.8 Å². The van der Waals surface area contributed by atoms with Crippen molar-refractivity contribution in [2.75, 3.05) is 22.9 Å². The molecule has 2 aliphatic heterocycles. The fourth-order valence-corrected chi connectivity index (χ4v) is 5.58. The summed E-state index contributed by atoms with van der Waals surface area (Å²) in [6, 6.07) is 12.6. The fourth-order valence-electron chi connectivity index (χ4n) is 5.05. The first kappa shape index (κ1) is 25.4. The third-order valence-corrected chi connectivity index (χ3v) is 7.77. The monoisotopic (exact) mass is 528 g/mol. The highest BCUT2D eigenvalue weighted by Crippen LogP contribution is 2.40. The molecule has 6 nitrogen and oxygen atoms in total. The number of fused-ring (bicyclic) bond motifs is 1. The van der Waals surface area contributed by atoms with Gasteiger partial charge in [-0.1, -0.05) is 18.2 Å². The summed E-state index contributed by atoms with van der Waals surface area (Å²) >= 11 is -0.237. The highest BCUT2D eigenvalue weighted by atomic mass is 32.2. The van der Waals surface area contributed by atoms with Gasteiger partial charge in [0, 0.05) is 28.9 Å². The van der Waals surface area contributed by atoms with Crippen LogP contribution in [0, 0.1) is 0 Å². The number of amides is 3. The molecule has 0 bridgehead atoms. The van der Waals surface area contributed by atoms with Gasteiger partial charge < -0.3 is 9.80 Å². The lowest BCUT2D eigenvalue weighted by Gasteiger charge is -2.33. The molecule has 0 atom stereocenters. The molecule has 2 aromatic carbocycles. The van der Waals surface area contributed by atoms with Crippen LogP contribution in [0.3, 0.4) is 0 Å². The maximum absolute atomic E-state index is 13.7. The van der Waals surface area contributed by atoms with Gasteiger partial charge in [0.05, 0.1) is 29.6 Å². The largest absolute Gasteiger partial charge is 0.446 e. The topological polar surface area (TPSA) is 56.8 Å². The number of halogens is 3. The first-order valence-electron chi connectivity index (χ1n) is 12.2. The van der Waals surface area contributed by atoms with Crippen LogP contribution in [0.1, 0.15) is 38.7 Å². The molecule has 0 saturated carbocycles. The lowest BCUT2D eigenvalue weighted by atomic mass is 10.00. The van der Waals surface area contributed by atoms with Crippen molar-refractivity contribution in [3.63, 3.8) is 0 Å². The van der Waals surface area contributed by atoms with Crippen molar-refractivity contribution in [3.8, 4) is 0 Å². The molecule has 2 aliphatic rings. The summed E-state index contributed by atoms with van der Waals surface area (Å²) in [6.07, 6.45) is 5.19. The molecule has 2 fully saturated rings. The van der Waals surface area contributed by atoms with E-state index in [1.54, 1.807) is 18.7 Å². The summed E-state index contributed by atoms with van der Waals surface area (Å²) in [5.74, 6) is -0.424. The van der Waals surface area contributed by atoms with E-state index in [4.69, 9.17) is 0 Å². The Balaban J connectivity index is 1.50. The van der Waals surface area contributed by atoms with Crippen LogP contribution in [0.15, 0.2) is 59.6 Å². The van der Waals surface area contributed by atoms with Crippen LogP contribution in [0.2, 0.25) is 0 Å². The van der Waals surface area contributed by atoms with E-state index in [9.17, 15) is 22.8 Å². The second-order valence-corrected chi connectivity index (χ2v) is 10.9. The van der Waals surface area contributed by atoms with Crippen LogP contribution < -0.4 is 9.80 Å². The van der Waals surface area contributed by atoms with Gasteiger partial charge in [-0.3, -0.25) is 9.78 Å². The highest BCUT2D eigenvalue weighted by Gasteiger charge is 2.52. The minimum absolute atomic E-state index is 0.0131. The first-order chi connectivity index (χ1) is 17.6. The number of carbonyl (C=O) groups excluding carboxylic acids is 2. The Morgan fingerprint density at radius 1 is 0.973 bits per heavy atom. The maximum atomic E-state index is 13.7. The van der Waals surface area contributed by atoms with Gasteiger partial charge >= 0.3 is 11.5 Å². The number of rotatable bonds is 5. The number of pyridine rings is 1. The zero-order valence-electron chi connectivity index (χ0n) is 20.6. The fraction of sp³-hybridized carbons (Fsp3) is 0.370. The van der Waals surface area contributed by atoms with E-state index in [0.717, 1.165) is 53.0 Å². The summed E-state index contributed by atoms with van der Waals surface area (Å²) < 4.78 is 38.2. The molecular weight excluding hydrogens is 501 g/mol. The van der Waals surface area contributed by atoms with E-state index in [2.05, 4.69) is 9.88 Å². The van der Waals surface area contributed by atoms with Crippen molar-refractivity contribution in [1.82, 2.24) is 9.88 Å². The van der Waals surface area contributed by atoms with Crippen LogP contribution in [0.25, 0.3) is 10.9 Å². The summed E-state index contributed by atoms with van der Waals surface area (Å²) in [6.45, 7) is 5.40. The Hall–Kier alpha value is -3.27. The number of hydrogen-bond donors (Lipinski definition) is 0. The molecule has 0 N–H and O–H groups in total. The molecule has 0 unspecified atom stereocenters. The Kier molecular flexibility index (Phi) is 6.55. The Morgan fingerprint density at radius 3 is 2.32 bits per heavy atom. The number of alkyl halides is 3. The Morgan fingerprint density at radius 2 is 1.65 bits per heavy atom. The number of aromatic nitrogens is 1. The minimum Gasteiger partial charge on any atom is -0.370 e. The van der Waals surface area contributed by atoms with Gasteiger partial charge in [0.2, 0.25) is 0 Å². The Bertz CT molecular complexity index is 1340. The lowest BCUT2D eigenvalue weighted by molar-refractivity contribution is -0.123. The molecule has 37 heavy (non-hydrogen) atoms. The number of hydrogen-bond acceptors (Lipinski definition) is 5. The smallest absolute Gasteiger partial charge is 0.370 e. The van der Waals surface area contributed by atoms with Crippen molar-refractivity contribution >= 4 is 46.0 Å². The number of thioether (sulfide) groups is 1. The molecular formula is C27H27F3N4O2S. The normalized spacial score (nSPS) is 18.2. The summed E-state index contributed by atoms with van der Waals surface area (Å²) in [5, 5.41) is 0.925. The van der Waals surface area contributed by atoms with Crippen LogP contribution >= 0.6 is 11.8 Å². The second kappa shape index (κ2) is 9.55. The zero-order valence-corrected chi connectivity index (χ0v) is 21.4. The average Bonchev–Trinajstić information content (AvgIpc) is 3.03. The summed E-state index contributed by atoms with van der Waals surface area (Å²) in [4.78, 5) is 36.7. The van der Waals surface area contributed by atoms with E-state index in [0.29, 0.717) is 0 Å². The number of nitrogens with zero attached hydrogens (tertiary/aromatic N) is 4. The van der Waals surface area contributed by atoms with Gasteiger partial charge in [0.15, 0.2) is 0 Å². The molecule has 0 aliphatic carbocycles. The SMILES string of the molecule is CC1(C)C(=O)N(c2ccc(SC(F)(F)F)cc2)C(=O)N1Cc1c(N2CCCCC2)cnc2ccccc12. The molecule has 3 heterocycles. The van der Waals surface area contributed by atoms with E-state index < -0.39 is 23.0 Å². The molecule has 10 heteroatoms. The van der Waals surface area contributed by atoms with Crippen LogP contribution in [0.5, 0.6) is 0 Å². The molecule has 0 radical (unpaired) electrons. The van der Waals surface area contributed by atoms with E-state index in [1.807, 2.05) is 30.5 Å².